The van der Waals surface area contributed by atoms with Crippen molar-refractivity contribution in [3.63, 3.8) is 0 Å². The number of benzene rings is 1. The maximum atomic E-state index is 6.62. The van der Waals surface area contributed by atoms with Gasteiger partial charge < -0.3 is 9.47 Å². The minimum Gasteiger partial charge on any atom is -0.490 e. The Morgan fingerprint density at radius 3 is 2.32 bits per heavy atom. The second-order valence-electron chi connectivity index (χ2n) is 5.32. The van der Waals surface area contributed by atoms with E-state index >= 15 is 0 Å². The van der Waals surface area contributed by atoms with E-state index < -0.39 is 0 Å². The van der Waals surface area contributed by atoms with Crippen LogP contribution in [0.1, 0.15) is 43.0 Å². The molecule has 1 unspecified atom stereocenters. The van der Waals surface area contributed by atoms with Crippen LogP contribution in [0, 0.1) is 5.92 Å². The zero-order valence-corrected chi connectivity index (χ0v) is 12.3. The molecule has 0 bridgehead atoms. The third kappa shape index (κ3) is 2.80. The van der Waals surface area contributed by atoms with E-state index in [2.05, 4.69) is 0 Å². The predicted molar refractivity (Wildman–Crippen MR) is 77.6 cm³/mol. The van der Waals surface area contributed by atoms with Crippen molar-refractivity contribution in [1.29, 1.82) is 0 Å². The largest absolute Gasteiger partial charge is 0.490 e. The fraction of sp³-hybridized carbons (Fsp3) is 0.600. The molecule has 1 aliphatic heterocycles. The van der Waals surface area contributed by atoms with Crippen molar-refractivity contribution in [3.8, 4) is 11.5 Å². The van der Waals surface area contributed by atoms with Crippen LogP contribution in [0.2, 0.25) is 5.02 Å². The van der Waals surface area contributed by atoms with Crippen molar-refractivity contribution in [1.82, 2.24) is 0 Å². The molecule has 1 aliphatic carbocycles. The number of ether oxygens (including phenoxy) is 2. The highest BCUT2D eigenvalue weighted by atomic mass is 35.5. The van der Waals surface area contributed by atoms with Crippen LogP contribution in [-0.2, 0) is 0 Å². The van der Waals surface area contributed by atoms with Crippen LogP contribution in [0.3, 0.4) is 0 Å². The molecular weight excluding hydrogens is 283 g/mol. The maximum absolute atomic E-state index is 6.62. The topological polar surface area (TPSA) is 18.5 Å². The Kier molecular flexibility index (Phi) is 4.09. The third-order valence-electron chi connectivity index (χ3n) is 3.98. The van der Waals surface area contributed by atoms with E-state index in [1.807, 2.05) is 12.1 Å². The molecule has 19 heavy (non-hydrogen) atoms. The van der Waals surface area contributed by atoms with Gasteiger partial charge in [-0.05, 0) is 30.4 Å². The lowest BCUT2D eigenvalue weighted by molar-refractivity contribution is 0.297. The summed E-state index contributed by atoms with van der Waals surface area (Å²) in [7, 11) is 0. The number of hydrogen-bond donors (Lipinski definition) is 0. The lowest BCUT2D eigenvalue weighted by atomic mass is 9.97. The van der Waals surface area contributed by atoms with Gasteiger partial charge in [-0.2, -0.15) is 0 Å². The summed E-state index contributed by atoms with van der Waals surface area (Å²) in [4.78, 5) is 0. The van der Waals surface area contributed by atoms with Gasteiger partial charge >= 0.3 is 0 Å². The van der Waals surface area contributed by atoms with Crippen molar-refractivity contribution in [2.24, 2.45) is 5.92 Å². The molecule has 0 radical (unpaired) electrons. The molecule has 2 aliphatic rings. The van der Waals surface area contributed by atoms with Crippen LogP contribution in [-0.4, -0.2) is 13.2 Å². The summed E-state index contributed by atoms with van der Waals surface area (Å²) in [6.45, 7) is 1.36. The Balaban J connectivity index is 1.90. The van der Waals surface area contributed by atoms with Gasteiger partial charge in [-0.3, -0.25) is 0 Å². The van der Waals surface area contributed by atoms with Crippen molar-refractivity contribution in [2.75, 3.05) is 13.2 Å². The van der Waals surface area contributed by atoms with Gasteiger partial charge in [0.25, 0.3) is 0 Å². The van der Waals surface area contributed by atoms with E-state index in [9.17, 15) is 0 Å². The Hall–Kier alpha value is -0.600. The summed E-state index contributed by atoms with van der Waals surface area (Å²) in [6, 6.07) is 3.82. The average molecular weight is 301 g/mol. The quantitative estimate of drug-likeness (QED) is 0.718. The lowest BCUT2D eigenvalue weighted by Gasteiger charge is -2.20. The van der Waals surface area contributed by atoms with E-state index in [-0.39, 0.29) is 5.38 Å². The second-order valence-corrected chi connectivity index (χ2v) is 6.19. The Morgan fingerprint density at radius 1 is 1.00 bits per heavy atom. The number of hydrogen-bond acceptors (Lipinski definition) is 2. The van der Waals surface area contributed by atoms with E-state index in [1.54, 1.807) is 0 Å². The van der Waals surface area contributed by atoms with Crippen LogP contribution in [0.25, 0.3) is 0 Å². The Labute approximate surface area is 124 Å². The van der Waals surface area contributed by atoms with E-state index in [0.717, 1.165) is 23.5 Å². The summed E-state index contributed by atoms with van der Waals surface area (Å²) < 4.78 is 11.4. The first-order valence-corrected chi connectivity index (χ1v) is 7.80. The summed E-state index contributed by atoms with van der Waals surface area (Å²) >= 11 is 13.0. The van der Waals surface area contributed by atoms with Gasteiger partial charge in [-0.1, -0.05) is 24.4 Å². The molecular formula is C15H18Cl2O2. The highest BCUT2D eigenvalue weighted by Crippen LogP contribution is 2.45. The lowest BCUT2D eigenvalue weighted by Crippen LogP contribution is -2.05. The zero-order valence-electron chi connectivity index (χ0n) is 10.8. The van der Waals surface area contributed by atoms with Gasteiger partial charge in [-0.25, -0.2) is 0 Å². The van der Waals surface area contributed by atoms with Gasteiger partial charge in [0.1, 0.15) is 0 Å². The second kappa shape index (κ2) is 5.80. The molecule has 0 spiro atoms. The molecule has 104 valence electrons. The van der Waals surface area contributed by atoms with Crippen LogP contribution in [0.5, 0.6) is 11.5 Å². The molecule has 3 rings (SSSR count). The molecule has 1 aromatic rings. The van der Waals surface area contributed by atoms with Gasteiger partial charge in [0, 0.05) is 17.5 Å². The summed E-state index contributed by atoms with van der Waals surface area (Å²) in [5, 5.41) is 0.670. The normalized spacial score (nSPS) is 21.2. The smallest absolute Gasteiger partial charge is 0.162 e. The minimum absolute atomic E-state index is 0.0212. The molecule has 1 saturated carbocycles. The summed E-state index contributed by atoms with van der Waals surface area (Å²) in [6.07, 6.45) is 5.83. The maximum Gasteiger partial charge on any atom is 0.162 e. The van der Waals surface area contributed by atoms with E-state index in [1.165, 1.54) is 25.7 Å². The molecule has 1 aromatic carbocycles. The molecule has 4 heteroatoms. The Morgan fingerprint density at radius 2 is 1.63 bits per heavy atom. The van der Waals surface area contributed by atoms with Crippen LogP contribution in [0.15, 0.2) is 12.1 Å². The average Bonchev–Trinajstić information content (AvgIpc) is 2.84. The van der Waals surface area contributed by atoms with Gasteiger partial charge in [0.15, 0.2) is 11.5 Å². The van der Waals surface area contributed by atoms with E-state index in [4.69, 9.17) is 32.7 Å². The van der Waals surface area contributed by atoms with Crippen LogP contribution < -0.4 is 9.47 Å². The molecule has 2 nitrogen and oxygen atoms in total. The first kappa shape index (κ1) is 13.4. The monoisotopic (exact) mass is 300 g/mol. The van der Waals surface area contributed by atoms with Gasteiger partial charge in [-0.15, -0.1) is 11.6 Å². The minimum atomic E-state index is -0.0212. The summed E-state index contributed by atoms with van der Waals surface area (Å²) in [5.74, 6) is 2.05. The molecule has 1 atom stereocenters. The standard InChI is InChI=1S/C15H18Cl2O2/c16-12-9-14-13(18-6-3-7-19-14)8-11(12)15(17)10-4-1-2-5-10/h8-10,15H,1-7H2. The van der Waals surface area contributed by atoms with Gasteiger partial charge in [0.2, 0.25) is 0 Å². The third-order valence-corrected chi connectivity index (χ3v) is 4.90. The van der Waals surface area contributed by atoms with Crippen molar-refractivity contribution >= 4 is 23.2 Å². The van der Waals surface area contributed by atoms with E-state index in [0.29, 0.717) is 24.2 Å². The SMILES string of the molecule is Clc1cc2c(cc1C(Cl)C1CCCC1)OCCCO2. The van der Waals surface area contributed by atoms with Crippen LogP contribution >= 0.6 is 23.2 Å². The Bertz CT molecular complexity index is 456. The van der Waals surface area contributed by atoms with Gasteiger partial charge in [0.05, 0.1) is 18.6 Å². The molecule has 1 fully saturated rings. The first-order valence-electron chi connectivity index (χ1n) is 6.99. The fourth-order valence-electron chi connectivity index (χ4n) is 2.91. The molecule has 0 aromatic heterocycles. The molecule has 1 heterocycles. The number of alkyl halides is 1. The molecule has 0 saturated heterocycles. The van der Waals surface area contributed by atoms with Crippen molar-refractivity contribution in [2.45, 2.75) is 37.5 Å². The fourth-order valence-corrected chi connectivity index (χ4v) is 3.67. The molecule has 0 amide bonds. The summed E-state index contributed by atoms with van der Waals surface area (Å²) in [5.41, 5.74) is 0.986. The van der Waals surface area contributed by atoms with Crippen molar-refractivity contribution < 1.29 is 9.47 Å². The highest BCUT2D eigenvalue weighted by Gasteiger charge is 2.27. The zero-order chi connectivity index (χ0) is 13.2. The highest BCUT2D eigenvalue weighted by molar-refractivity contribution is 6.33. The van der Waals surface area contributed by atoms with Crippen molar-refractivity contribution in [3.05, 3.63) is 22.7 Å². The molecule has 0 N–H and O–H groups in total. The number of fused-ring (bicyclic) bond motifs is 1. The predicted octanol–water partition coefficient (Wildman–Crippen LogP) is 4.97. The first-order chi connectivity index (χ1) is 9.25. The number of rotatable bonds is 2. The van der Waals surface area contributed by atoms with Crippen LogP contribution in [0.4, 0.5) is 0 Å². The number of halogens is 2.